The molecule has 21 heavy (non-hydrogen) atoms. The first-order valence-corrected chi connectivity index (χ1v) is 6.22. The van der Waals surface area contributed by atoms with Crippen molar-refractivity contribution in [2.45, 2.75) is 13.0 Å². The van der Waals surface area contributed by atoms with E-state index in [9.17, 15) is 14.7 Å². The van der Waals surface area contributed by atoms with Gasteiger partial charge in [0.25, 0.3) is 0 Å². The monoisotopic (exact) mass is 292 g/mol. The predicted molar refractivity (Wildman–Crippen MR) is 73.8 cm³/mol. The topological polar surface area (TPSA) is 96.9 Å². The van der Waals surface area contributed by atoms with E-state index < -0.39 is 18.0 Å². The summed E-state index contributed by atoms with van der Waals surface area (Å²) in [7, 11) is 2.67. The second kappa shape index (κ2) is 5.74. The van der Waals surface area contributed by atoms with Gasteiger partial charge in [0, 0.05) is 11.3 Å². The lowest BCUT2D eigenvalue weighted by molar-refractivity contribution is -0.136. The molecule has 0 saturated carbocycles. The number of para-hydroxylation sites is 1. The minimum absolute atomic E-state index is 0.138. The molecule has 0 unspecified atom stereocenters. The van der Waals surface area contributed by atoms with Crippen LogP contribution in [-0.2, 0) is 9.53 Å². The average Bonchev–Trinajstić information content (AvgIpc) is 2.46. The quantitative estimate of drug-likeness (QED) is 0.727. The largest absolute Gasteiger partial charge is 0.504 e. The van der Waals surface area contributed by atoms with Crippen molar-refractivity contribution in [3.05, 3.63) is 35.0 Å². The third-order valence-electron chi connectivity index (χ3n) is 3.24. The van der Waals surface area contributed by atoms with Crippen LogP contribution < -0.4 is 15.4 Å². The summed E-state index contributed by atoms with van der Waals surface area (Å²) in [6, 6.07) is 3.56. The molecular weight excluding hydrogens is 276 g/mol. The van der Waals surface area contributed by atoms with Crippen molar-refractivity contribution in [2.75, 3.05) is 14.2 Å². The van der Waals surface area contributed by atoms with Crippen LogP contribution >= 0.6 is 0 Å². The number of rotatable bonds is 3. The smallest absolute Gasteiger partial charge is 0.337 e. The van der Waals surface area contributed by atoms with E-state index in [1.165, 1.54) is 14.2 Å². The van der Waals surface area contributed by atoms with Gasteiger partial charge in [-0.05, 0) is 13.0 Å². The summed E-state index contributed by atoms with van der Waals surface area (Å²) in [4.78, 5) is 23.6. The molecule has 7 nitrogen and oxygen atoms in total. The van der Waals surface area contributed by atoms with Gasteiger partial charge in [-0.1, -0.05) is 12.1 Å². The Morgan fingerprint density at radius 1 is 1.33 bits per heavy atom. The number of carbonyl (C=O) groups excluding carboxylic acids is 2. The summed E-state index contributed by atoms with van der Waals surface area (Å²) in [5.74, 6) is -0.476. The summed E-state index contributed by atoms with van der Waals surface area (Å²) in [5.41, 5.74) is 0.947. The van der Waals surface area contributed by atoms with Crippen molar-refractivity contribution in [1.82, 2.24) is 10.6 Å². The molecule has 1 atom stereocenters. The number of aromatic hydroxyl groups is 1. The molecule has 1 aromatic carbocycles. The number of carbonyl (C=O) groups is 2. The molecule has 0 saturated heterocycles. The van der Waals surface area contributed by atoms with Crippen molar-refractivity contribution in [3.63, 3.8) is 0 Å². The van der Waals surface area contributed by atoms with E-state index in [-0.39, 0.29) is 17.1 Å². The van der Waals surface area contributed by atoms with Crippen molar-refractivity contribution in [1.29, 1.82) is 0 Å². The van der Waals surface area contributed by atoms with E-state index >= 15 is 0 Å². The van der Waals surface area contributed by atoms with Gasteiger partial charge in [-0.2, -0.15) is 0 Å². The zero-order valence-electron chi connectivity index (χ0n) is 11.9. The molecule has 0 fully saturated rings. The minimum Gasteiger partial charge on any atom is -0.504 e. The number of hydrogen-bond donors (Lipinski definition) is 3. The zero-order chi connectivity index (χ0) is 15.6. The number of urea groups is 1. The number of hydrogen-bond acceptors (Lipinski definition) is 5. The Labute approximate surface area is 121 Å². The van der Waals surface area contributed by atoms with Crippen molar-refractivity contribution in [3.8, 4) is 11.5 Å². The second-order valence-corrected chi connectivity index (χ2v) is 4.46. The lowest BCUT2D eigenvalue weighted by Crippen LogP contribution is -2.45. The lowest BCUT2D eigenvalue weighted by Gasteiger charge is -2.28. The van der Waals surface area contributed by atoms with E-state index in [1.807, 2.05) is 0 Å². The predicted octanol–water partition coefficient (Wildman–Crippen LogP) is 1.20. The fourth-order valence-corrected chi connectivity index (χ4v) is 2.24. The SMILES string of the molecule is COC(=O)C1=C(C)NC(=O)N[C@@H]1c1cccc(OC)c1O. The van der Waals surface area contributed by atoms with E-state index in [2.05, 4.69) is 10.6 Å². The van der Waals surface area contributed by atoms with Crippen molar-refractivity contribution < 1.29 is 24.2 Å². The molecule has 1 heterocycles. The molecule has 2 amide bonds. The molecule has 0 bridgehead atoms. The van der Waals surface area contributed by atoms with Crippen LogP contribution in [0.25, 0.3) is 0 Å². The van der Waals surface area contributed by atoms with E-state index in [0.717, 1.165) is 0 Å². The Morgan fingerprint density at radius 3 is 2.67 bits per heavy atom. The number of benzene rings is 1. The fourth-order valence-electron chi connectivity index (χ4n) is 2.24. The summed E-state index contributed by atoms with van der Waals surface area (Å²) in [6.07, 6.45) is 0. The molecule has 2 rings (SSSR count). The van der Waals surface area contributed by atoms with E-state index in [0.29, 0.717) is 11.3 Å². The molecule has 1 aliphatic rings. The van der Waals surface area contributed by atoms with Gasteiger partial charge in [0.2, 0.25) is 0 Å². The minimum atomic E-state index is -0.818. The molecule has 7 heteroatoms. The summed E-state index contributed by atoms with van der Waals surface area (Å²) in [5, 5.41) is 15.3. The Bertz CT molecular complexity index is 624. The molecule has 1 aromatic rings. The van der Waals surface area contributed by atoms with Gasteiger partial charge in [0.1, 0.15) is 0 Å². The van der Waals surface area contributed by atoms with Crippen LogP contribution in [-0.4, -0.2) is 31.3 Å². The van der Waals surface area contributed by atoms with E-state index in [1.54, 1.807) is 25.1 Å². The summed E-state index contributed by atoms with van der Waals surface area (Å²) in [6.45, 7) is 1.59. The molecule has 3 N–H and O–H groups in total. The maximum Gasteiger partial charge on any atom is 0.337 e. The number of allylic oxidation sites excluding steroid dienone is 1. The highest BCUT2D eigenvalue weighted by Crippen LogP contribution is 2.38. The first kappa shape index (κ1) is 14.7. The van der Waals surface area contributed by atoms with Crippen LogP contribution in [0.2, 0.25) is 0 Å². The van der Waals surface area contributed by atoms with Gasteiger partial charge in [0.15, 0.2) is 11.5 Å². The molecule has 0 aromatic heterocycles. The average molecular weight is 292 g/mol. The Balaban J connectivity index is 2.57. The lowest BCUT2D eigenvalue weighted by atomic mass is 9.94. The van der Waals surface area contributed by atoms with Crippen LogP contribution in [0.4, 0.5) is 4.79 Å². The third kappa shape index (κ3) is 2.62. The summed E-state index contributed by atoms with van der Waals surface area (Å²) < 4.78 is 9.78. The van der Waals surface area contributed by atoms with Gasteiger partial charge in [-0.3, -0.25) is 0 Å². The number of methoxy groups -OCH3 is 2. The standard InChI is InChI=1S/C14H16N2O5/c1-7-10(13(18)21-3)11(16-14(19)15-7)8-5-4-6-9(20-2)12(8)17/h4-6,11,17H,1-3H3,(H2,15,16,19)/t11-/m1/s1. The Kier molecular flexibility index (Phi) is 4.02. The maximum atomic E-state index is 11.9. The van der Waals surface area contributed by atoms with Gasteiger partial charge in [-0.15, -0.1) is 0 Å². The fraction of sp³-hybridized carbons (Fsp3) is 0.286. The Hall–Kier alpha value is -2.70. The number of nitrogens with one attached hydrogen (secondary N) is 2. The van der Waals surface area contributed by atoms with E-state index in [4.69, 9.17) is 9.47 Å². The second-order valence-electron chi connectivity index (χ2n) is 4.46. The van der Waals surface area contributed by atoms with Crippen molar-refractivity contribution >= 4 is 12.0 Å². The van der Waals surface area contributed by atoms with Crippen LogP contribution in [0.1, 0.15) is 18.5 Å². The number of ether oxygens (including phenoxy) is 2. The first-order valence-electron chi connectivity index (χ1n) is 6.22. The molecule has 1 aliphatic heterocycles. The van der Waals surface area contributed by atoms with Gasteiger partial charge < -0.3 is 25.2 Å². The molecular formula is C14H16N2O5. The highest BCUT2D eigenvalue weighted by molar-refractivity contribution is 5.95. The number of esters is 1. The molecule has 0 spiro atoms. The first-order chi connectivity index (χ1) is 9.99. The van der Waals surface area contributed by atoms with Crippen LogP contribution in [0.3, 0.4) is 0 Å². The molecule has 0 aliphatic carbocycles. The van der Waals surface area contributed by atoms with Crippen LogP contribution in [0.15, 0.2) is 29.5 Å². The van der Waals surface area contributed by atoms with Gasteiger partial charge in [-0.25, -0.2) is 9.59 Å². The summed E-state index contributed by atoms with van der Waals surface area (Å²) >= 11 is 0. The number of phenols is 1. The zero-order valence-corrected chi connectivity index (χ0v) is 11.9. The third-order valence-corrected chi connectivity index (χ3v) is 3.24. The number of amides is 2. The van der Waals surface area contributed by atoms with Gasteiger partial charge >= 0.3 is 12.0 Å². The Morgan fingerprint density at radius 2 is 2.05 bits per heavy atom. The highest BCUT2D eigenvalue weighted by Gasteiger charge is 2.33. The van der Waals surface area contributed by atoms with Crippen molar-refractivity contribution in [2.24, 2.45) is 0 Å². The highest BCUT2D eigenvalue weighted by atomic mass is 16.5. The number of phenolic OH excluding ortho intramolecular Hbond substituents is 1. The van der Waals surface area contributed by atoms with Crippen LogP contribution in [0.5, 0.6) is 11.5 Å². The van der Waals surface area contributed by atoms with Gasteiger partial charge in [0.05, 0.1) is 25.8 Å². The maximum absolute atomic E-state index is 11.9. The molecule has 112 valence electrons. The normalized spacial score (nSPS) is 17.9. The molecule has 0 radical (unpaired) electrons. The van der Waals surface area contributed by atoms with Crippen LogP contribution in [0, 0.1) is 0 Å².